The highest BCUT2D eigenvalue weighted by atomic mass is 16.5. The van der Waals surface area contributed by atoms with E-state index in [0.29, 0.717) is 23.1 Å². The van der Waals surface area contributed by atoms with Gasteiger partial charge in [-0.3, -0.25) is 9.69 Å². The van der Waals surface area contributed by atoms with Crippen molar-refractivity contribution in [2.24, 2.45) is 0 Å². The number of hydrogen-bond donors (Lipinski definition) is 2. The predicted molar refractivity (Wildman–Crippen MR) is 102 cm³/mol. The second kappa shape index (κ2) is 11.1. The molecule has 1 fully saturated rings. The third-order valence-corrected chi connectivity index (χ3v) is 4.63. The zero-order valence-corrected chi connectivity index (χ0v) is 16.7. The van der Waals surface area contributed by atoms with Crippen molar-refractivity contribution in [2.45, 2.75) is 26.3 Å². The van der Waals surface area contributed by atoms with Crippen molar-refractivity contribution in [3.63, 3.8) is 0 Å². The zero-order chi connectivity index (χ0) is 21.3. The first-order chi connectivity index (χ1) is 13.2. The van der Waals surface area contributed by atoms with Gasteiger partial charge < -0.3 is 24.6 Å². The van der Waals surface area contributed by atoms with E-state index in [1.807, 2.05) is 4.90 Å². The molecule has 1 aliphatic heterocycles. The van der Waals surface area contributed by atoms with Gasteiger partial charge in [0.05, 0.1) is 14.2 Å². The number of carboxylic acids is 2. The number of carboxylic acid groups (broad SMARTS) is 2. The van der Waals surface area contributed by atoms with Crippen LogP contribution in [-0.2, 0) is 9.59 Å². The smallest absolute Gasteiger partial charge is 0.414 e. The van der Waals surface area contributed by atoms with Crippen LogP contribution in [0.1, 0.15) is 30.6 Å². The lowest BCUT2D eigenvalue weighted by Gasteiger charge is -2.37. The molecule has 0 saturated carbocycles. The van der Waals surface area contributed by atoms with Crippen LogP contribution in [-0.4, -0.2) is 84.3 Å². The van der Waals surface area contributed by atoms with Gasteiger partial charge in [-0.25, -0.2) is 9.59 Å². The summed E-state index contributed by atoms with van der Waals surface area (Å²) in [5.74, 6) is -2.36. The summed E-state index contributed by atoms with van der Waals surface area (Å²) in [4.78, 5) is 35.2. The fraction of sp³-hybridized carbons (Fsp3) is 0.526. The van der Waals surface area contributed by atoms with Crippen LogP contribution in [0.2, 0.25) is 0 Å². The Hall–Kier alpha value is -2.81. The summed E-state index contributed by atoms with van der Waals surface area (Å²) >= 11 is 0. The molecule has 2 rings (SSSR count). The van der Waals surface area contributed by atoms with Crippen LogP contribution in [0.4, 0.5) is 0 Å². The molecule has 156 valence electrons. The fourth-order valence-corrected chi connectivity index (χ4v) is 2.78. The van der Waals surface area contributed by atoms with E-state index in [2.05, 4.69) is 18.7 Å². The quantitative estimate of drug-likeness (QED) is 0.718. The number of carbonyl (C=O) groups is 3. The van der Waals surface area contributed by atoms with Crippen LogP contribution in [0, 0.1) is 0 Å². The Labute approximate surface area is 164 Å². The van der Waals surface area contributed by atoms with Gasteiger partial charge in [0.2, 0.25) is 0 Å². The van der Waals surface area contributed by atoms with Gasteiger partial charge in [-0.1, -0.05) is 6.92 Å². The van der Waals surface area contributed by atoms with Crippen LogP contribution >= 0.6 is 0 Å². The number of piperazine rings is 1. The van der Waals surface area contributed by atoms with E-state index in [0.717, 1.165) is 32.6 Å². The molecule has 1 saturated heterocycles. The van der Waals surface area contributed by atoms with Gasteiger partial charge in [0, 0.05) is 37.8 Å². The molecule has 1 atom stereocenters. The Bertz CT molecular complexity index is 673. The maximum atomic E-state index is 12.6. The topological polar surface area (TPSA) is 117 Å². The lowest BCUT2D eigenvalue weighted by Crippen LogP contribution is -2.51. The van der Waals surface area contributed by atoms with E-state index in [9.17, 15) is 4.79 Å². The third kappa shape index (κ3) is 6.41. The Morgan fingerprint density at radius 2 is 1.54 bits per heavy atom. The molecule has 0 spiro atoms. The van der Waals surface area contributed by atoms with Gasteiger partial charge in [-0.2, -0.15) is 0 Å². The maximum Gasteiger partial charge on any atom is 0.414 e. The predicted octanol–water partition coefficient (Wildman–Crippen LogP) is 1.42. The highest BCUT2D eigenvalue weighted by Crippen LogP contribution is 2.28. The normalized spacial score (nSPS) is 15.1. The van der Waals surface area contributed by atoms with Crippen molar-refractivity contribution >= 4 is 17.8 Å². The van der Waals surface area contributed by atoms with Gasteiger partial charge in [-0.05, 0) is 31.5 Å². The number of benzene rings is 1. The molecular weight excluding hydrogens is 368 g/mol. The number of nitrogens with zero attached hydrogens (tertiary/aromatic N) is 2. The largest absolute Gasteiger partial charge is 0.493 e. The number of ether oxygens (including phenoxy) is 2. The number of aliphatic carboxylic acids is 2. The Kier molecular flexibility index (Phi) is 9.23. The first kappa shape index (κ1) is 23.2. The van der Waals surface area contributed by atoms with Gasteiger partial charge >= 0.3 is 11.9 Å². The second-order valence-corrected chi connectivity index (χ2v) is 6.27. The van der Waals surface area contributed by atoms with Crippen LogP contribution < -0.4 is 9.47 Å². The zero-order valence-electron chi connectivity index (χ0n) is 16.7. The molecule has 2 N–H and O–H groups in total. The summed E-state index contributed by atoms with van der Waals surface area (Å²) in [5.41, 5.74) is 0.648. The summed E-state index contributed by atoms with van der Waals surface area (Å²) in [6.45, 7) is 7.87. The lowest BCUT2D eigenvalue weighted by molar-refractivity contribution is -0.159. The number of amides is 1. The van der Waals surface area contributed by atoms with Crippen molar-refractivity contribution in [3.8, 4) is 11.5 Å². The van der Waals surface area contributed by atoms with Crippen molar-refractivity contribution in [2.75, 3.05) is 40.4 Å². The minimum Gasteiger partial charge on any atom is -0.493 e. The molecule has 0 radical (unpaired) electrons. The van der Waals surface area contributed by atoms with Crippen molar-refractivity contribution in [3.05, 3.63) is 23.8 Å². The maximum absolute atomic E-state index is 12.6. The molecule has 1 heterocycles. The molecule has 0 aliphatic carbocycles. The molecule has 0 aromatic heterocycles. The number of carbonyl (C=O) groups excluding carboxylic acids is 1. The average Bonchev–Trinajstić information content (AvgIpc) is 2.72. The van der Waals surface area contributed by atoms with Gasteiger partial charge in [-0.15, -0.1) is 0 Å². The number of methoxy groups -OCH3 is 2. The highest BCUT2D eigenvalue weighted by Gasteiger charge is 2.24. The minimum atomic E-state index is -1.82. The molecule has 28 heavy (non-hydrogen) atoms. The monoisotopic (exact) mass is 396 g/mol. The van der Waals surface area contributed by atoms with Crippen molar-refractivity contribution in [1.82, 2.24) is 9.80 Å². The molecule has 0 bridgehead atoms. The Morgan fingerprint density at radius 3 is 1.96 bits per heavy atom. The molecule has 1 aromatic carbocycles. The van der Waals surface area contributed by atoms with E-state index in [1.54, 1.807) is 32.4 Å². The molecule has 9 nitrogen and oxygen atoms in total. The van der Waals surface area contributed by atoms with Crippen LogP contribution in [0.3, 0.4) is 0 Å². The summed E-state index contributed by atoms with van der Waals surface area (Å²) < 4.78 is 10.5. The summed E-state index contributed by atoms with van der Waals surface area (Å²) in [6, 6.07) is 5.91. The molecule has 1 amide bonds. The summed E-state index contributed by atoms with van der Waals surface area (Å²) in [5, 5.41) is 14.8. The van der Waals surface area contributed by atoms with Crippen LogP contribution in [0.5, 0.6) is 11.5 Å². The fourth-order valence-electron chi connectivity index (χ4n) is 2.78. The molecule has 9 heteroatoms. The van der Waals surface area contributed by atoms with E-state index in [1.165, 1.54) is 0 Å². The SMILES string of the molecule is CCC(C)N1CCN(C(=O)c2ccc(OC)c(OC)c2)CC1.O=C(O)C(=O)O. The first-order valence-electron chi connectivity index (χ1n) is 8.96. The summed E-state index contributed by atoms with van der Waals surface area (Å²) in [6.07, 6.45) is 1.14. The molecule has 1 unspecified atom stereocenters. The third-order valence-electron chi connectivity index (χ3n) is 4.63. The standard InChI is InChI=1S/C17H26N2O3.C2H2O4/c1-5-13(2)18-8-10-19(11-9-18)17(20)14-6-7-15(21-3)16(12-14)22-4;3-1(4)2(5)6/h6-7,12-13H,5,8-11H2,1-4H3;(H,3,4)(H,5,6). The van der Waals surface area contributed by atoms with Gasteiger partial charge in [0.1, 0.15) is 0 Å². The number of hydrogen-bond acceptors (Lipinski definition) is 6. The van der Waals surface area contributed by atoms with Gasteiger partial charge in [0.15, 0.2) is 11.5 Å². The number of rotatable bonds is 5. The van der Waals surface area contributed by atoms with Gasteiger partial charge in [0.25, 0.3) is 5.91 Å². The van der Waals surface area contributed by atoms with Crippen LogP contribution in [0.15, 0.2) is 18.2 Å². The van der Waals surface area contributed by atoms with E-state index < -0.39 is 11.9 Å². The molecule has 1 aliphatic rings. The minimum absolute atomic E-state index is 0.0600. The molecular formula is C19H28N2O7. The van der Waals surface area contributed by atoms with Crippen molar-refractivity contribution < 1.29 is 34.1 Å². The first-order valence-corrected chi connectivity index (χ1v) is 8.96. The van der Waals surface area contributed by atoms with E-state index >= 15 is 0 Å². The summed E-state index contributed by atoms with van der Waals surface area (Å²) in [7, 11) is 3.17. The average molecular weight is 396 g/mol. The Balaban J connectivity index is 0.000000568. The Morgan fingerprint density at radius 1 is 1.00 bits per heavy atom. The molecule has 1 aromatic rings. The van der Waals surface area contributed by atoms with E-state index in [-0.39, 0.29) is 5.91 Å². The van der Waals surface area contributed by atoms with Crippen molar-refractivity contribution in [1.29, 1.82) is 0 Å². The van der Waals surface area contributed by atoms with E-state index in [4.69, 9.17) is 29.3 Å². The lowest BCUT2D eigenvalue weighted by atomic mass is 10.1. The highest BCUT2D eigenvalue weighted by molar-refractivity contribution is 6.27. The second-order valence-electron chi connectivity index (χ2n) is 6.27. The van der Waals surface area contributed by atoms with Crippen LogP contribution in [0.25, 0.3) is 0 Å².